The molecule has 2 aliphatic heterocycles. The van der Waals surface area contributed by atoms with Gasteiger partial charge >= 0.3 is 6.61 Å². The number of ether oxygens (including phenoxy) is 3. The van der Waals surface area contributed by atoms with Crippen LogP contribution in [0, 0.1) is 0 Å². The lowest BCUT2D eigenvalue weighted by Gasteiger charge is -2.45. The van der Waals surface area contributed by atoms with E-state index < -0.39 is 18.1 Å². The number of pyridine rings is 1. The summed E-state index contributed by atoms with van der Waals surface area (Å²) in [5, 5.41) is 11.3. The Kier molecular flexibility index (Phi) is 5.76. The van der Waals surface area contributed by atoms with Crippen LogP contribution in [-0.2, 0) is 15.1 Å². The molecule has 5 heterocycles. The van der Waals surface area contributed by atoms with Gasteiger partial charge in [-0.3, -0.25) is 0 Å². The number of hydrogen-bond acceptors (Lipinski definition) is 8. The third-order valence-electron chi connectivity index (χ3n) is 7.84. The number of halogens is 2. The van der Waals surface area contributed by atoms with E-state index in [0.717, 1.165) is 16.8 Å². The summed E-state index contributed by atoms with van der Waals surface area (Å²) in [5.41, 5.74) is 2.97. The normalized spacial score (nSPS) is 26.3. The summed E-state index contributed by atoms with van der Waals surface area (Å²) in [6.07, 6.45) is 5.82. The minimum atomic E-state index is -2.95. The predicted molar refractivity (Wildman–Crippen MR) is 137 cm³/mol. The van der Waals surface area contributed by atoms with Gasteiger partial charge in [-0.15, -0.1) is 0 Å². The second-order valence-electron chi connectivity index (χ2n) is 10.5. The molecule has 0 unspecified atom stereocenters. The molecule has 3 aliphatic rings. The molecule has 11 heteroatoms. The monoisotopic (exact) mass is 535 g/mol. The van der Waals surface area contributed by atoms with E-state index >= 15 is 0 Å². The molecule has 0 spiro atoms. The van der Waals surface area contributed by atoms with Crippen LogP contribution in [0.15, 0.2) is 55.0 Å². The second-order valence-corrected chi connectivity index (χ2v) is 10.5. The van der Waals surface area contributed by atoms with E-state index in [1.165, 1.54) is 6.07 Å². The number of fused-ring (bicyclic) bond motifs is 5. The Labute approximate surface area is 223 Å². The molecule has 202 valence electrons. The van der Waals surface area contributed by atoms with Crippen molar-refractivity contribution in [3.05, 3.63) is 71.9 Å². The van der Waals surface area contributed by atoms with Crippen molar-refractivity contribution in [1.29, 1.82) is 0 Å². The zero-order valence-electron chi connectivity index (χ0n) is 21.2. The van der Waals surface area contributed by atoms with E-state index in [1.807, 2.05) is 22.7 Å². The summed E-state index contributed by atoms with van der Waals surface area (Å²) in [7, 11) is 0. The molecule has 1 aliphatic carbocycles. The van der Waals surface area contributed by atoms with Crippen LogP contribution in [-0.4, -0.2) is 69.6 Å². The number of aliphatic hydroxyl groups is 1. The van der Waals surface area contributed by atoms with Crippen LogP contribution in [0.2, 0.25) is 0 Å². The minimum absolute atomic E-state index is 0.0922. The molecule has 7 rings (SSSR count). The van der Waals surface area contributed by atoms with E-state index in [1.54, 1.807) is 37.5 Å². The Bertz CT molecular complexity index is 1500. The zero-order valence-corrected chi connectivity index (χ0v) is 21.2. The fourth-order valence-corrected chi connectivity index (χ4v) is 6.11. The number of alkyl halides is 2. The third-order valence-corrected chi connectivity index (χ3v) is 7.84. The van der Waals surface area contributed by atoms with Crippen LogP contribution in [0.3, 0.4) is 0 Å². The van der Waals surface area contributed by atoms with Crippen molar-refractivity contribution < 1.29 is 28.1 Å². The number of morpholine rings is 2. The number of nitrogens with zero attached hydrogens (tertiary/aromatic N) is 5. The molecule has 2 fully saturated rings. The van der Waals surface area contributed by atoms with Gasteiger partial charge in [-0.2, -0.15) is 8.78 Å². The molecule has 1 N–H and O–H groups in total. The molecule has 2 bridgehead atoms. The van der Waals surface area contributed by atoms with Gasteiger partial charge < -0.3 is 28.6 Å². The van der Waals surface area contributed by atoms with E-state index in [0.29, 0.717) is 55.7 Å². The van der Waals surface area contributed by atoms with Gasteiger partial charge in [0.1, 0.15) is 17.0 Å². The first-order valence-electron chi connectivity index (χ1n) is 12.9. The number of rotatable bonds is 5. The molecule has 39 heavy (non-hydrogen) atoms. The first kappa shape index (κ1) is 24.4. The van der Waals surface area contributed by atoms with Gasteiger partial charge in [-0.25, -0.2) is 15.0 Å². The fraction of sp³-hybridized carbons (Fsp3) is 0.393. The van der Waals surface area contributed by atoms with Crippen LogP contribution < -0.4 is 9.64 Å². The van der Waals surface area contributed by atoms with Gasteiger partial charge in [0.15, 0.2) is 0 Å². The maximum absolute atomic E-state index is 13.2. The second kappa shape index (κ2) is 9.22. The maximum Gasteiger partial charge on any atom is 0.387 e. The van der Waals surface area contributed by atoms with Crippen LogP contribution >= 0.6 is 0 Å². The SMILES string of the molecule is C[C@@]1(O)C[C@H](c2ccccc2OC(F)F)c2c1nc1ccc(-c3cnc(N4[C@H]5COC[C@H]4COC5)nc3)cn21. The van der Waals surface area contributed by atoms with Crippen molar-refractivity contribution >= 4 is 11.6 Å². The molecule has 2 saturated heterocycles. The predicted octanol–water partition coefficient (Wildman–Crippen LogP) is 3.74. The van der Waals surface area contributed by atoms with Gasteiger partial charge in [-0.05, 0) is 31.5 Å². The average Bonchev–Trinajstić information content (AvgIpc) is 3.43. The Morgan fingerprint density at radius 1 is 1.00 bits per heavy atom. The Morgan fingerprint density at radius 2 is 1.69 bits per heavy atom. The molecule has 0 amide bonds. The first-order valence-corrected chi connectivity index (χ1v) is 12.9. The third kappa shape index (κ3) is 4.12. The summed E-state index contributed by atoms with van der Waals surface area (Å²) >= 11 is 0. The summed E-state index contributed by atoms with van der Waals surface area (Å²) in [4.78, 5) is 16.3. The molecular weight excluding hydrogens is 508 g/mol. The van der Waals surface area contributed by atoms with E-state index in [4.69, 9.17) is 19.2 Å². The highest BCUT2D eigenvalue weighted by atomic mass is 19.3. The summed E-state index contributed by atoms with van der Waals surface area (Å²) < 4.78 is 44.5. The topological polar surface area (TPSA) is 94.2 Å². The molecule has 9 nitrogen and oxygen atoms in total. The highest BCUT2D eigenvalue weighted by Gasteiger charge is 2.45. The Morgan fingerprint density at radius 3 is 2.38 bits per heavy atom. The smallest absolute Gasteiger partial charge is 0.387 e. The largest absolute Gasteiger partial charge is 0.435 e. The summed E-state index contributed by atoms with van der Waals surface area (Å²) in [5.74, 6) is 0.350. The highest BCUT2D eigenvalue weighted by molar-refractivity contribution is 5.65. The van der Waals surface area contributed by atoms with Crippen LogP contribution in [0.1, 0.15) is 36.2 Å². The van der Waals surface area contributed by atoms with Gasteiger partial charge in [0, 0.05) is 41.2 Å². The zero-order chi connectivity index (χ0) is 26.7. The van der Waals surface area contributed by atoms with Crippen LogP contribution in [0.4, 0.5) is 14.7 Å². The van der Waals surface area contributed by atoms with E-state index in [2.05, 4.69) is 14.9 Å². The van der Waals surface area contributed by atoms with E-state index in [-0.39, 0.29) is 17.8 Å². The average molecular weight is 536 g/mol. The summed E-state index contributed by atoms with van der Waals surface area (Å²) in [6, 6.07) is 10.7. The number of anilines is 1. The van der Waals surface area contributed by atoms with Crippen molar-refractivity contribution in [1.82, 2.24) is 19.4 Å². The van der Waals surface area contributed by atoms with Crippen LogP contribution in [0.5, 0.6) is 5.75 Å². The summed E-state index contributed by atoms with van der Waals surface area (Å²) in [6.45, 7) is 1.09. The molecule has 1 aromatic carbocycles. The first-order chi connectivity index (χ1) is 18.9. The standard InChI is InChI=1S/C28H27F2N5O4/c1-28(36)8-21(20-4-2-3-5-22(20)39-26(29)30)24-25(28)33-23-7-6-16(11-34(23)24)17-9-31-27(32-10-17)35-18-12-37-14-19(35)15-38-13-18/h2-7,9-11,18-19,21,26,36H,8,12-15H2,1H3/t18-,19-,21-,28-/m1/s1. The Hall–Kier alpha value is -3.67. The quantitative estimate of drug-likeness (QED) is 0.413. The molecule has 4 aromatic rings. The number of hydrogen-bond donors (Lipinski definition) is 1. The minimum Gasteiger partial charge on any atom is -0.435 e. The number of benzene rings is 1. The van der Waals surface area contributed by atoms with Gasteiger partial charge in [0.25, 0.3) is 0 Å². The molecule has 0 saturated carbocycles. The molecule has 3 aromatic heterocycles. The molecule has 2 atom stereocenters. The van der Waals surface area contributed by atoms with Gasteiger partial charge in [-0.1, -0.05) is 18.2 Å². The highest BCUT2D eigenvalue weighted by Crippen LogP contribution is 2.49. The van der Waals surface area contributed by atoms with Crippen molar-refractivity contribution in [2.24, 2.45) is 0 Å². The van der Waals surface area contributed by atoms with Gasteiger partial charge in [0.05, 0.1) is 49.9 Å². The van der Waals surface area contributed by atoms with Crippen molar-refractivity contribution in [3.63, 3.8) is 0 Å². The number of aromatic nitrogens is 4. The fourth-order valence-electron chi connectivity index (χ4n) is 6.11. The Balaban J connectivity index is 1.27. The number of para-hydroxylation sites is 1. The van der Waals surface area contributed by atoms with E-state index in [9.17, 15) is 13.9 Å². The lowest BCUT2D eigenvalue weighted by Crippen LogP contribution is -2.60. The lowest BCUT2D eigenvalue weighted by molar-refractivity contribution is -0.0506. The lowest BCUT2D eigenvalue weighted by atomic mass is 9.93. The molecular formula is C28H27F2N5O4. The van der Waals surface area contributed by atoms with Crippen molar-refractivity contribution in [3.8, 4) is 16.9 Å². The van der Waals surface area contributed by atoms with Crippen LogP contribution in [0.25, 0.3) is 16.8 Å². The van der Waals surface area contributed by atoms with Crippen molar-refractivity contribution in [2.75, 3.05) is 31.3 Å². The van der Waals surface area contributed by atoms with Crippen molar-refractivity contribution in [2.45, 2.75) is 43.6 Å². The molecule has 0 radical (unpaired) electrons. The number of imidazole rings is 1. The maximum atomic E-state index is 13.2. The van der Waals surface area contributed by atoms with Gasteiger partial charge in [0.2, 0.25) is 5.95 Å².